The number of halogens is 2. The van der Waals surface area contributed by atoms with Crippen LogP contribution in [0.25, 0.3) is 5.57 Å². The van der Waals surface area contributed by atoms with Gasteiger partial charge in [-0.3, -0.25) is 0 Å². The summed E-state index contributed by atoms with van der Waals surface area (Å²) >= 11 is 0. The van der Waals surface area contributed by atoms with E-state index >= 15 is 0 Å². The highest BCUT2D eigenvalue weighted by molar-refractivity contribution is 5.90. The molecule has 16 heavy (non-hydrogen) atoms. The minimum Gasteiger partial charge on any atom is -0.478 e. The molecule has 86 valence electrons. The van der Waals surface area contributed by atoms with Gasteiger partial charge < -0.3 is 5.11 Å². The lowest BCUT2D eigenvalue weighted by molar-refractivity contribution is -0.131. The molecule has 0 aromatic heterocycles. The fraction of sp³-hybridized carbons (Fsp3) is 0.250. The summed E-state index contributed by atoms with van der Waals surface area (Å²) in [5, 5.41) is 8.65. The number of carboxylic acids is 1. The summed E-state index contributed by atoms with van der Waals surface area (Å²) in [6.07, 6.45) is 2.16. The molecule has 0 saturated heterocycles. The van der Waals surface area contributed by atoms with Crippen LogP contribution in [0.3, 0.4) is 0 Å². The highest BCUT2D eigenvalue weighted by Crippen LogP contribution is 2.21. The third-order valence-corrected chi connectivity index (χ3v) is 2.05. The van der Waals surface area contributed by atoms with Gasteiger partial charge in [0.05, 0.1) is 0 Å². The molecule has 0 aliphatic heterocycles. The van der Waals surface area contributed by atoms with Crippen molar-refractivity contribution in [3.8, 4) is 0 Å². The number of rotatable bonds is 4. The summed E-state index contributed by atoms with van der Waals surface area (Å²) in [5.41, 5.74) is 0.704. The standard InChI is InChI=1S/C12H12F2O2/c1-2-3-8(6-12(15)16)9-4-10(13)7-11(14)5-9/h4-7H,2-3H2,1H3,(H,15,16)/b8-6+. The van der Waals surface area contributed by atoms with Crippen LogP contribution in [0.4, 0.5) is 8.78 Å². The highest BCUT2D eigenvalue weighted by Gasteiger charge is 2.07. The van der Waals surface area contributed by atoms with Gasteiger partial charge in [-0.05, 0) is 29.7 Å². The molecule has 1 N–H and O–H groups in total. The molecule has 0 fully saturated rings. The molecule has 0 bridgehead atoms. The van der Waals surface area contributed by atoms with Crippen LogP contribution in [-0.4, -0.2) is 11.1 Å². The van der Waals surface area contributed by atoms with Crippen LogP contribution >= 0.6 is 0 Å². The maximum atomic E-state index is 13.0. The van der Waals surface area contributed by atoms with Gasteiger partial charge in [0.1, 0.15) is 11.6 Å². The van der Waals surface area contributed by atoms with E-state index in [1.165, 1.54) is 0 Å². The molecule has 4 heteroatoms. The molecule has 1 aromatic rings. The van der Waals surface area contributed by atoms with Crippen molar-refractivity contribution in [1.29, 1.82) is 0 Å². The molecule has 0 saturated carbocycles. The van der Waals surface area contributed by atoms with E-state index in [0.717, 1.165) is 24.3 Å². The largest absolute Gasteiger partial charge is 0.478 e. The number of hydrogen-bond acceptors (Lipinski definition) is 1. The summed E-state index contributed by atoms with van der Waals surface area (Å²) in [6.45, 7) is 1.87. The van der Waals surface area contributed by atoms with Crippen molar-refractivity contribution in [1.82, 2.24) is 0 Å². The number of hydrogen-bond donors (Lipinski definition) is 1. The van der Waals surface area contributed by atoms with Crippen molar-refractivity contribution in [3.63, 3.8) is 0 Å². The Balaban J connectivity index is 3.15. The second-order valence-corrected chi connectivity index (χ2v) is 3.42. The zero-order chi connectivity index (χ0) is 12.1. The number of benzene rings is 1. The van der Waals surface area contributed by atoms with Gasteiger partial charge in [-0.25, -0.2) is 13.6 Å². The first kappa shape index (κ1) is 12.4. The zero-order valence-electron chi connectivity index (χ0n) is 8.84. The average Bonchev–Trinajstić information content (AvgIpc) is 2.14. The summed E-state index contributed by atoms with van der Waals surface area (Å²) in [6, 6.07) is 3.02. The van der Waals surface area contributed by atoms with Crippen molar-refractivity contribution in [2.75, 3.05) is 0 Å². The zero-order valence-corrected chi connectivity index (χ0v) is 8.84. The van der Waals surface area contributed by atoms with Gasteiger partial charge in [0.15, 0.2) is 0 Å². The number of allylic oxidation sites excluding steroid dienone is 1. The van der Waals surface area contributed by atoms with E-state index < -0.39 is 17.6 Å². The lowest BCUT2D eigenvalue weighted by Crippen LogP contribution is -1.94. The van der Waals surface area contributed by atoms with Crippen molar-refractivity contribution in [2.45, 2.75) is 19.8 Å². The maximum absolute atomic E-state index is 13.0. The van der Waals surface area contributed by atoms with Crippen molar-refractivity contribution < 1.29 is 18.7 Å². The molecule has 0 spiro atoms. The van der Waals surface area contributed by atoms with Gasteiger partial charge >= 0.3 is 5.97 Å². The fourth-order valence-electron chi connectivity index (χ4n) is 1.46. The Hall–Kier alpha value is -1.71. The third-order valence-electron chi connectivity index (χ3n) is 2.05. The number of carboxylic acid groups (broad SMARTS) is 1. The Bertz CT molecular complexity index is 405. The number of aliphatic carboxylic acids is 1. The van der Waals surface area contributed by atoms with E-state index in [0.29, 0.717) is 18.4 Å². The van der Waals surface area contributed by atoms with E-state index in [2.05, 4.69) is 0 Å². The Morgan fingerprint density at radius 3 is 2.31 bits per heavy atom. The molecular weight excluding hydrogens is 214 g/mol. The van der Waals surface area contributed by atoms with Crippen molar-refractivity contribution in [2.24, 2.45) is 0 Å². The molecule has 0 atom stereocenters. The predicted molar refractivity (Wildman–Crippen MR) is 56.9 cm³/mol. The molecule has 0 aliphatic rings. The highest BCUT2D eigenvalue weighted by atomic mass is 19.1. The Labute approximate surface area is 92.2 Å². The average molecular weight is 226 g/mol. The maximum Gasteiger partial charge on any atom is 0.328 e. The van der Waals surface area contributed by atoms with E-state index in [4.69, 9.17) is 5.11 Å². The fourth-order valence-corrected chi connectivity index (χ4v) is 1.46. The van der Waals surface area contributed by atoms with Gasteiger partial charge in [0.25, 0.3) is 0 Å². The number of carbonyl (C=O) groups is 1. The quantitative estimate of drug-likeness (QED) is 0.800. The minimum absolute atomic E-state index is 0.279. The minimum atomic E-state index is -1.12. The molecular formula is C12H12F2O2. The van der Waals surface area contributed by atoms with Crippen LogP contribution in [-0.2, 0) is 4.79 Å². The second kappa shape index (κ2) is 5.39. The monoisotopic (exact) mass is 226 g/mol. The Morgan fingerprint density at radius 1 is 1.31 bits per heavy atom. The topological polar surface area (TPSA) is 37.3 Å². The van der Waals surface area contributed by atoms with Crippen molar-refractivity contribution >= 4 is 11.5 Å². The van der Waals surface area contributed by atoms with Gasteiger partial charge in [0.2, 0.25) is 0 Å². The van der Waals surface area contributed by atoms with Gasteiger partial charge in [0, 0.05) is 12.1 Å². The Morgan fingerprint density at radius 2 is 1.88 bits per heavy atom. The summed E-state index contributed by atoms with van der Waals surface area (Å²) in [7, 11) is 0. The van der Waals surface area contributed by atoms with Crippen LogP contribution in [0.5, 0.6) is 0 Å². The first-order chi connectivity index (χ1) is 7.52. The normalized spacial score (nSPS) is 11.6. The van der Waals surface area contributed by atoms with Gasteiger partial charge in [-0.15, -0.1) is 0 Å². The molecule has 0 amide bonds. The van der Waals surface area contributed by atoms with Gasteiger partial charge in [-0.1, -0.05) is 13.3 Å². The van der Waals surface area contributed by atoms with E-state index in [1.807, 2.05) is 6.92 Å². The molecule has 2 nitrogen and oxygen atoms in total. The molecule has 0 heterocycles. The first-order valence-electron chi connectivity index (χ1n) is 4.93. The molecule has 0 radical (unpaired) electrons. The van der Waals surface area contributed by atoms with Crippen molar-refractivity contribution in [3.05, 3.63) is 41.5 Å². The van der Waals surface area contributed by atoms with E-state index in [-0.39, 0.29) is 5.56 Å². The smallest absolute Gasteiger partial charge is 0.328 e. The SMILES string of the molecule is CCC/C(=C\C(=O)O)c1cc(F)cc(F)c1. The van der Waals surface area contributed by atoms with E-state index in [1.54, 1.807) is 0 Å². The summed E-state index contributed by atoms with van der Waals surface area (Å²) in [4.78, 5) is 10.6. The predicted octanol–water partition coefficient (Wildman–Crippen LogP) is 3.23. The lowest BCUT2D eigenvalue weighted by Gasteiger charge is -2.06. The molecule has 0 aliphatic carbocycles. The molecule has 1 aromatic carbocycles. The third kappa shape index (κ3) is 3.46. The first-order valence-corrected chi connectivity index (χ1v) is 4.93. The summed E-state index contributed by atoms with van der Waals surface area (Å²) in [5.74, 6) is -2.53. The van der Waals surface area contributed by atoms with Crippen LogP contribution in [0.1, 0.15) is 25.3 Å². The summed E-state index contributed by atoms with van der Waals surface area (Å²) < 4.78 is 25.9. The lowest BCUT2D eigenvalue weighted by atomic mass is 10.0. The van der Waals surface area contributed by atoms with Crippen LogP contribution in [0.2, 0.25) is 0 Å². The second-order valence-electron chi connectivity index (χ2n) is 3.42. The molecule has 0 unspecified atom stereocenters. The van der Waals surface area contributed by atoms with Crippen LogP contribution < -0.4 is 0 Å². The van der Waals surface area contributed by atoms with Gasteiger partial charge in [-0.2, -0.15) is 0 Å². The Kier molecular flexibility index (Phi) is 4.17. The van der Waals surface area contributed by atoms with Crippen LogP contribution in [0.15, 0.2) is 24.3 Å². The van der Waals surface area contributed by atoms with Crippen LogP contribution in [0, 0.1) is 11.6 Å². The molecule has 1 rings (SSSR count). The van der Waals surface area contributed by atoms with E-state index in [9.17, 15) is 13.6 Å².